The Morgan fingerprint density at radius 3 is 2.41 bits per heavy atom. The van der Waals surface area contributed by atoms with Gasteiger partial charge in [0.25, 0.3) is 0 Å². The van der Waals surface area contributed by atoms with E-state index < -0.39 is 18.9 Å². The molecule has 0 amide bonds. The Kier molecular flexibility index (Phi) is 9.65. The number of alkyl halides is 3. The summed E-state index contributed by atoms with van der Waals surface area (Å²) in [4.78, 5) is 22.6. The highest BCUT2D eigenvalue weighted by Crippen LogP contribution is 2.37. The molecule has 7 nitrogen and oxygen atoms in total. The molecule has 0 bridgehead atoms. The Labute approximate surface area is 184 Å². The van der Waals surface area contributed by atoms with E-state index in [1.165, 1.54) is 6.07 Å². The molecule has 1 aromatic carbocycles. The zero-order chi connectivity index (χ0) is 23.7. The van der Waals surface area contributed by atoms with Crippen molar-refractivity contribution in [3.63, 3.8) is 0 Å². The number of nitrogens with two attached hydrogens (primary N) is 1. The number of hydrogen-bond donors (Lipinski definition) is 3. The number of anilines is 1. The Hall–Kier alpha value is -2.46. The molecule has 1 aliphatic rings. The van der Waals surface area contributed by atoms with Crippen LogP contribution in [-0.4, -0.2) is 47.4 Å². The average Bonchev–Trinajstić information content (AvgIpc) is 2.75. The van der Waals surface area contributed by atoms with E-state index in [1.807, 2.05) is 4.90 Å². The summed E-state index contributed by atoms with van der Waals surface area (Å²) in [7, 11) is -1.27. The van der Waals surface area contributed by atoms with Gasteiger partial charge in [-0.25, -0.2) is 4.98 Å². The number of carbonyl (C=O) groups excluding carboxylic acids is 2. The second kappa shape index (κ2) is 12.0. The maximum Gasteiger partial charge on any atom is 0.451 e. The predicted molar refractivity (Wildman–Crippen MR) is 114 cm³/mol. The first-order valence-corrected chi connectivity index (χ1v) is 10.5. The lowest BCUT2D eigenvalue weighted by Gasteiger charge is -2.36. The monoisotopic (exact) mass is 453 g/mol. The largest absolute Gasteiger partial charge is 0.451 e. The van der Waals surface area contributed by atoms with Crippen LogP contribution in [0.5, 0.6) is 0 Å². The van der Waals surface area contributed by atoms with Gasteiger partial charge >= 0.3 is 19.4 Å². The summed E-state index contributed by atoms with van der Waals surface area (Å²) >= 11 is 0. The third kappa shape index (κ3) is 7.31. The van der Waals surface area contributed by atoms with Crippen LogP contribution in [0.15, 0.2) is 30.3 Å². The molecule has 1 aliphatic heterocycles. The fourth-order valence-corrected chi connectivity index (χ4v) is 4.06. The molecule has 4 N–H and O–H groups in total. The molecule has 1 atom stereocenters. The number of pyridine rings is 1. The van der Waals surface area contributed by atoms with Gasteiger partial charge in [0, 0.05) is 24.5 Å². The van der Waals surface area contributed by atoms with E-state index in [9.17, 15) is 13.2 Å². The lowest BCUT2D eigenvalue weighted by molar-refractivity contribution is -0.191. The van der Waals surface area contributed by atoms with Crippen LogP contribution in [0.4, 0.5) is 19.0 Å². The summed E-state index contributed by atoms with van der Waals surface area (Å²) in [5, 5.41) is 17.9. The number of nitrogens with zero attached hydrogens (tertiary/aromatic N) is 2. The number of aromatic nitrogens is 1. The molecule has 1 unspecified atom stereocenters. The number of piperidine rings is 1. The number of rotatable bonds is 7. The topological polar surface area (TPSA) is 117 Å². The van der Waals surface area contributed by atoms with Crippen LogP contribution < -0.4 is 10.6 Å². The molecule has 32 heavy (non-hydrogen) atoms. The zero-order valence-corrected chi connectivity index (χ0v) is 17.6. The molecular formula is C21H27BF3N3O4. The highest BCUT2D eigenvalue weighted by Gasteiger charge is 2.34. The first-order chi connectivity index (χ1) is 15.2. The second-order valence-corrected chi connectivity index (χ2v) is 7.88. The van der Waals surface area contributed by atoms with E-state index in [4.69, 9.17) is 25.4 Å². The van der Waals surface area contributed by atoms with Crippen molar-refractivity contribution in [3.05, 3.63) is 35.9 Å². The fraction of sp³-hybridized carbons (Fsp3) is 0.524. The van der Waals surface area contributed by atoms with Gasteiger partial charge in [-0.2, -0.15) is 22.8 Å². The summed E-state index contributed by atoms with van der Waals surface area (Å²) in [6.07, 6.45) is 0.134. The van der Waals surface area contributed by atoms with Crippen molar-refractivity contribution in [3.8, 4) is 0 Å². The normalized spacial score (nSPS) is 15.6. The molecule has 1 aromatic heterocycles. The average molecular weight is 453 g/mol. The molecule has 11 heteroatoms. The van der Waals surface area contributed by atoms with Gasteiger partial charge in [0.2, 0.25) is 0 Å². The lowest BCUT2D eigenvalue weighted by atomic mass is 9.82. The van der Waals surface area contributed by atoms with E-state index >= 15 is 0 Å². The van der Waals surface area contributed by atoms with E-state index in [0.29, 0.717) is 43.1 Å². The number of hydrogen-bond acceptors (Lipinski definition) is 7. The number of para-hydroxylation sites is 1. The van der Waals surface area contributed by atoms with Crippen molar-refractivity contribution in [2.45, 2.75) is 50.6 Å². The Morgan fingerprint density at radius 2 is 1.81 bits per heavy atom. The number of benzene rings is 1. The third-order valence-electron chi connectivity index (χ3n) is 5.73. The zero-order valence-electron chi connectivity index (χ0n) is 17.6. The van der Waals surface area contributed by atoms with Crippen LogP contribution in [0.2, 0.25) is 6.32 Å². The Morgan fingerprint density at radius 1 is 1.19 bits per heavy atom. The summed E-state index contributed by atoms with van der Waals surface area (Å²) in [5.74, 6) is 0.674. The first kappa shape index (κ1) is 25.8. The third-order valence-corrected chi connectivity index (χ3v) is 5.73. The SMILES string of the molecule is NC(CCCCB(O)O)C1CCN(c2cc(C(F)(F)F)c3ccccc3n2)CC1.O=C=O. The van der Waals surface area contributed by atoms with Gasteiger partial charge in [-0.15, -0.1) is 0 Å². The summed E-state index contributed by atoms with van der Waals surface area (Å²) < 4.78 is 40.6. The molecule has 0 saturated carbocycles. The highest BCUT2D eigenvalue weighted by atomic mass is 19.4. The Bertz CT molecular complexity index is 899. The maximum absolute atomic E-state index is 13.5. The highest BCUT2D eigenvalue weighted by molar-refractivity contribution is 6.40. The van der Waals surface area contributed by atoms with Crippen molar-refractivity contribution in [1.29, 1.82) is 0 Å². The molecule has 2 heterocycles. The summed E-state index contributed by atoms with van der Waals surface area (Å²) in [5.41, 5.74) is 6.00. The van der Waals surface area contributed by atoms with E-state index in [2.05, 4.69) is 4.98 Å². The second-order valence-electron chi connectivity index (χ2n) is 7.88. The summed E-state index contributed by atoms with van der Waals surface area (Å²) in [6, 6.07) is 7.52. The van der Waals surface area contributed by atoms with Crippen LogP contribution in [-0.2, 0) is 15.8 Å². The van der Waals surface area contributed by atoms with Crippen molar-refractivity contribution in [2.24, 2.45) is 11.7 Å². The minimum absolute atomic E-state index is 0.0169. The maximum atomic E-state index is 13.5. The molecule has 2 aromatic rings. The van der Waals surface area contributed by atoms with Crippen LogP contribution in [0.1, 0.15) is 37.7 Å². The molecule has 1 saturated heterocycles. The van der Waals surface area contributed by atoms with Crippen molar-refractivity contribution in [1.82, 2.24) is 4.98 Å². The summed E-state index contributed by atoms with van der Waals surface area (Å²) in [6.45, 7) is 1.24. The molecule has 0 radical (unpaired) electrons. The van der Waals surface area contributed by atoms with Gasteiger partial charge in [-0.3, -0.25) is 0 Å². The van der Waals surface area contributed by atoms with Gasteiger partial charge in [0.15, 0.2) is 0 Å². The Balaban J connectivity index is 0.00000114. The van der Waals surface area contributed by atoms with Gasteiger partial charge in [-0.1, -0.05) is 31.0 Å². The van der Waals surface area contributed by atoms with E-state index in [-0.39, 0.29) is 17.6 Å². The van der Waals surface area contributed by atoms with Gasteiger partial charge in [0.1, 0.15) is 5.82 Å². The number of halogens is 3. The first-order valence-electron chi connectivity index (χ1n) is 10.5. The van der Waals surface area contributed by atoms with Crippen molar-refractivity contribution in [2.75, 3.05) is 18.0 Å². The molecular weight excluding hydrogens is 426 g/mol. The van der Waals surface area contributed by atoms with Gasteiger partial charge < -0.3 is 20.7 Å². The molecule has 1 fully saturated rings. The fourth-order valence-electron chi connectivity index (χ4n) is 4.06. The van der Waals surface area contributed by atoms with E-state index in [1.54, 1.807) is 18.2 Å². The predicted octanol–water partition coefficient (Wildman–Crippen LogP) is 2.86. The van der Waals surface area contributed by atoms with Crippen LogP contribution >= 0.6 is 0 Å². The standard InChI is InChI=1S/C20H27BF3N3O2.CO2/c22-20(23,24)16-13-19(26-18-7-2-1-5-15(16)18)27-11-8-14(9-12-27)17(25)6-3-4-10-21(28)29;2-1-3/h1-2,5,7,13-14,17,28-29H,3-4,6,8-12,25H2;. The quantitative estimate of drug-likeness (QED) is 0.436. The number of fused-ring (bicyclic) bond motifs is 1. The van der Waals surface area contributed by atoms with Crippen molar-refractivity contribution < 1.29 is 32.8 Å². The lowest BCUT2D eigenvalue weighted by Crippen LogP contribution is -2.41. The molecule has 0 aliphatic carbocycles. The van der Waals surface area contributed by atoms with Gasteiger partial charge in [-0.05, 0) is 43.6 Å². The molecule has 3 rings (SSSR count). The smallest absolute Gasteiger partial charge is 0.427 e. The minimum Gasteiger partial charge on any atom is -0.427 e. The number of unbranched alkanes of at least 4 members (excludes halogenated alkanes) is 1. The van der Waals surface area contributed by atoms with Crippen LogP contribution in [0.25, 0.3) is 10.9 Å². The molecule has 174 valence electrons. The van der Waals surface area contributed by atoms with Gasteiger partial charge in [0.05, 0.1) is 11.1 Å². The van der Waals surface area contributed by atoms with Crippen LogP contribution in [0, 0.1) is 5.92 Å². The van der Waals surface area contributed by atoms with Crippen molar-refractivity contribution >= 4 is 30.0 Å². The minimum atomic E-state index is -4.43. The van der Waals surface area contributed by atoms with Crippen LogP contribution in [0.3, 0.4) is 0 Å². The molecule has 0 spiro atoms. The van der Waals surface area contributed by atoms with E-state index in [0.717, 1.165) is 31.7 Å².